The summed E-state index contributed by atoms with van der Waals surface area (Å²) in [5.41, 5.74) is 4.56. The van der Waals surface area contributed by atoms with Gasteiger partial charge in [0.05, 0.1) is 35.4 Å². The van der Waals surface area contributed by atoms with E-state index >= 15 is 0 Å². The number of methoxy groups -OCH3 is 2. The molecule has 2 fully saturated rings. The van der Waals surface area contributed by atoms with Gasteiger partial charge in [0.2, 0.25) is 18.2 Å². The van der Waals surface area contributed by atoms with Gasteiger partial charge in [-0.1, -0.05) is 89.6 Å². The van der Waals surface area contributed by atoms with E-state index in [0.717, 1.165) is 35.5 Å². The van der Waals surface area contributed by atoms with Crippen molar-refractivity contribution in [3.63, 3.8) is 0 Å². The summed E-state index contributed by atoms with van der Waals surface area (Å²) < 4.78 is 62.1. The molecule has 1 saturated carbocycles. The summed E-state index contributed by atoms with van der Waals surface area (Å²) in [5.74, 6) is 1.07. The minimum Gasteiger partial charge on any atom is -0.490 e. The SMILES string of the molecule is COCCCN1CCOc2ccc(C(O[C@H]3CNC[C@@H](O[Si](C(C)C)(C(C)C)C(C)C)[C@@H]3c3ccc(C(OC)C4CC4)cc3)S(=O)(=O)c3ccc(C)cc3)cc21. The smallest absolute Gasteiger partial charge is 0.209 e. The molecule has 3 aromatic rings. The third-order valence-corrected chi connectivity index (χ3v) is 20.4. The van der Waals surface area contributed by atoms with Crippen molar-refractivity contribution in [3.8, 4) is 5.75 Å². The van der Waals surface area contributed by atoms with Crippen LogP contribution in [0.1, 0.15) is 101 Å². The highest BCUT2D eigenvalue weighted by molar-refractivity contribution is 7.91. The van der Waals surface area contributed by atoms with Crippen LogP contribution in [0, 0.1) is 12.8 Å². The van der Waals surface area contributed by atoms with Crippen LogP contribution >= 0.6 is 0 Å². The number of sulfone groups is 1. The predicted octanol–water partition coefficient (Wildman–Crippen LogP) is 9.13. The third-order valence-electron chi connectivity index (χ3n) is 12.4. The van der Waals surface area contributed by atoms with E-state index in [2.05, 4.69) is 76.0 Å². The highest BCUT2D eigenvalue weighted by Gasteiger charge is 2.50. The first-order valence-electron chi connectivity index (χ1n) is 20.8. The van der Waals surface area contributed by atoms with Gasteiger partial charge in [-0.15, -0.1) is 0 Å². The van der Waals surface area contributed by atoms with Crippen LogP contribution in [0.2, 0.25) is 16.6 Å². The zero-order valence-electron chi connectivity index (χ0n) is 35.1. The maximum Gasteiger partial charge on any atom is 0.209 e. The number of rotatable bonds is 18. The topological polar surface area (TPSA) is 95.6 Å². The van der Waals surface area contributed by atoms with E-state index in [1.807, 2.05) is 37.3 Å². The maximum absolute atomic E-state index is 15.0. The van der Waals surface area contributed by atoms with Gasteiger partial charge in [0.15, 0.2) is 5.44 Å². The zero-order chi connectivity index (χ0) is 40.2. The summed E-state index contributed by atoms with van der Waals surface area (Å²) >= 11 is 0. The van der Waals surface area contributed by atoms with Crippen molar-refractivity contribution in [2.24, 2.45) is 5.92 Å². The summed E-state index contributed by atoms with van der Waals surface area (Å²) in [7, 11) is -2.89. The van der Waals surface area contributed by atoms with Crippen LogP contribution in [-0.2, 0) is 28.5 Å². The second kappa shape index (κ2) is 18.4. The van der Waals surface area contributed by atoms with Gasteiger partial charge in [-0.3, -0.25) is 0 Å². The van der Waals surface area contributed by atoms with Crippen molar-refractivity contribution >= 4 is 23.8 Å². The fourth-order valence-electron chi connectivity index (χ4n) is 9.53. The molecule has 5 atom stereocenters. The molecule has 56 heavy (non-hydrogen) atoms. The van der Waals surface area contributed by atoms with Gasteiger partial charge in [0.25, 0.3) is 0 Å². The number of fused-ring (bicyclic) bond motifs is 1. The molecule has 11 heteroatoms. The summed E-state index contributed by atoms with van der Waals surface area (Å²) in [4.78, 5) is 2.49. The molecule has 3 aliphatic rings. The van der Waals surface area contributed by atoms with Crippen LogP contribution < -0.4 is 15.0 Å². The van der Waals surface area contributed by atoms with E-state index in [9.17, 15) is 8.42 Å². The molecule has 0 amide bonds. The Morgan fingerprint density at radius 3 is 2.11 bits per heavy atom. The molecule has 9 nitrogen and oxygen atoms in total. The normalized spacial score (nSPS) is 21.6. The van der Waals surface area contributed by atoms with E-state index < -0.39 is 29.7 Å². The van der Waals surface area contributed by atoms with Gasteiger partial charge in [0, 0.05) is 46.4 Å². The molecule has 1 aliphatic carbocycles. The highest BCUT2D eigenvalue weighted by Crippen LogP contribution is 2.48. The van der Waals surface area contributed by atoms with Crippen molar-refractivity contribution in [2.45, 2.75) is 119 Å². The lowest BCUT2D eigenvalue weighted by atomic mass is 9.84. The molecule has 6 rings (SSSR count). The van der Waals surface area contributed by atoms with E-state index in [1.165, 1.54) is 18.4 Å². The number of aryl methyl sites for hydroxylation is 1. The Hall–Kier alpha value is -2.77. The second-order valence-electron chi connectivity index (χ2n) is 17.1. The van der Waals surface area contributed by atoms with Gasteiger partial charge >= 0.3 is 0 Å². The van der Waals surface area contributed by atoms with Gasteiger partial charge in [0.1, 0.15) is 12.4 Å². The number of hydrogen-bond donors (Lipinski definition) is 1. The van der Waals surface area contributed by atoms with Crippen molar-refractivity contribution in [3.05, 3.63) is 89.0 Å². The Balaban J connectivity index is 1.44. The monoisotopic (exact) mass is 806 g/mol. The Morgan fingerprint density at radius 1 is 0.857 bits per heavy atom. The first-order chi connectivity index (χ1) is 26.8. The molecule has 0 spiro atoms. The van der Waals surface area contributed by atoms with Gasteiger partial charge in [-0.05, 0) is 89.7 Å². The van der Waals surface area contributed by atoms with Crippen molar-refractivity contribution in [2.75, 3.05) is 58.5 Å². The van der Waals surface area contributed by atoms with Crippen LogP contribution in [0.25, 0.3) is 0 Å². The Labute approximate surface area is 337 Å². The minimum absolute atomic E-state index is 0.0742. The van der Waals surface area contributed by atoms with Gasteiger partial charge in [-0.25, -0.2) is 8.42 Å². The first kappa shape index (κ1) is 42.8. The van der Waals surface area contributed by atoms with Gasteiger partial charge in [-0.2, -0.15) is 0 Å². The Morgan fingerprint density at radius 2 is 1.50 bits per heavy atom. The largest absolute Gasteiger partial charge is 0.490 e. The summed E-state index contributed by atoms with van der Waals surface area (Å²) in [6.07, 6.45) is 2.54. The predicted molar refractivity (Wildman–Crippen MR) is 227 cm³/mol. The lowest BCUT2D eigenvalue weighted by Crippen LogP contribution is -2.58. The summed E-state index contributed by atoms with van der Waals surface area (Å²) in [5, 5.41) is 3.64. The van der Waals surface area contributed by atoms with Crippen molar-refractivity contribution < 1.29 is 31.8 Å². The van der Waals surface area contributed by atoms with Crippen LogP contribution in [0.3, 0.4) is 0 Å². The Kier molecular flexibility index (Phi) is 14.1. The summed E-state index contributed by atoms with van der Waals surface area (Å²) in [6, 6.07) is 21.6. The summed E-state index contributed by atoms with van der Waals surface area (Å²) in [6.45, 7) is 19.6. The molecule has 1 saturated heterocycles. The quantitative estimate of drug-likeness (QED) is 0.0998. The second-order valence-corrected chi connectivity index (χ2v) is 24.5. The molecular weight excluding hydrogens is 741 g/mol. The van der Waals surface area contributed by atoms with E-state index in [1.54, 1.807) is 26.4 Å². The highest BCUT2D eigenvalue weighted by atomic mass is 32.2. The number of nitrogens with one attached hydrogen (secondary N) is 1. The number of ether oxygens (including phenoxy) is 4. The van der Waals surface area contributed by atoms with E-state index in [0.29, 0.717) is 61.0 Å². The number of hydrogen-bond acceptors (Lipinski definition) is 9. The maximum atomic E-state index is 15.0. The minimum atomic E-state index is -4.04. The van der Waals surface area contributed by atoms with Crippen molar-refractivity contribution in [1.82, 2.24) is 5.32 Å². The number of piperidine rings is 1. The fourth-order valence-corrected chi connectivity index (χ4v) is 16.7. The molecule has 1 N–H and O–H groups in total. The molecule has 308 valence electrons. The fraction of sp³-hybridized carbons (Fsp3) is 0.600. The van der Waals surface area contributed by atoms with Crippen molar-refractivity contribution in [1.29, 1.82) is 0 Å². The molecular formula is C45H66N2O7SSi. The standard InChI is InChI=1S/C45H66N2O7SSi/c1-30(2)56(31(3)4,32(5)6)54-42-29-46-28-41(43(42)34-13-15-35(16-14-34)44(51-9)36-17-18-36)53-45(55(48,49)38-20-11-33(7)12-21-38)37-19-22-40-39(27-37)47(24-26-52-40)23-10-25-50-8/h11-16,19-22,27,30-32,36,41-46H,10,17-18,23-26,28-29H2,1-9H3/t41-,42+,43+,44?,45?/m0/s1. The average molecular weight is 807 g/mol. The van der Waals surface area contributed by atoms with Gasteiger partial charge < -0.3 is 33.6 Å². The average Bonchev–Trinajstić information content (AvgIpc) is 4.02. The molecule has 3 aromatic carbocycles. The molecule has 2 unspecified atom stereocenters. The van der Waals surface area contributed by atoms with E-state index in [4.69, 9.17) is 23.4 Å². The number of benzene rings is 3. The third kappa shape index (κ3) is 9.09. The molecule has 0 aromatic heterocycles. The van der Waals surface area contributed by atoms with Crippen LogP contribution in [0.4, 0.5) is 5.69 Å². The molecule has 2 heterocycles. The molecule has 2 aliphatic heterocycles. The van der Waals surface area contributed by atoms with Crippen LogP contribution in [0.5, 0.6) is 5.75 Å². The van der Waals surface area contributed by atoms with Crippen LogP contribution in [-0.4, -0.2) is 82.6 Å². The first-order valence-corrected chi connectivity index (χ1v) is 24.5. The zero-order valence-corrected chi connectivity index (χ0v) is 36.9. The van der Waals surface area contributed by atoms with Crippen LogP contribution in [0.15, 0.2) is 71.6 Å². The molecule has 0 bridgehead atoms. The Bertz CT molecular complexity index is 1810. The molecule has 0 radical (unpaired) electrons. The lowest BCUT2D eigenvalue weighted by Gasteiger charge is -2.49. The van der Waals surface area contributed by atoms with E-state index in [-0.39, 0.29) is 23.0 Å². The number of nitrogens with zero attached hydrogens (tertiary/aromatic N) is 1. The lowest BCUT2D eigenvalue weighted by molar-refractivity contribution is -0.0365. The number of anilines is 1.